The second-order valence-corrected chi connectivity index (χ2v) is 6.11. The minimum atomic E-state index is -0.416. The van der Waals surface area contributed by atoms with Crippen LogP contribution >= 0.6 is 0 Å². The SMILES string of the molecule is CC(C)NC(=O)Nc1cccc(C(=O)OC(C)CCn2cccn2)c1. The highest BCUT2D eigenvalue weighted by Crippen LogP contribution is 2.13. The number of hydrogen-bond donors (Lipinski definition) is 2. The molecule has 0 aliphatic heterocycles. The van der Waals surface area contributed by atoms with Crippen molar-refractivity contribution in [1.82, 2.24) is 15.1 Å². The van der Waals surface area contributed by atoms with Crippen molar-refractivity contribution in [3.05, 3.63) is 48.3 Å². The molecule has 0 saturated heterocycles. The smallest absolute Gasteiger partial charge is 0.338 e. The number of urea groups is 1. The summed E-state index contributed by atoms with van der Waals surface area (Å²) in [7, 11) is 0. The van der Waals surface area contributed by atoms with Gasteiger partial charge in [0.2, 0.25) is 0 Å². The molecule has 25 heavy (non-hydrogen) atoms. The average Bonchev–Trinajstić information content (AvgIpc) is 3.05. The van der Waals surface area contributed by atoms with Gasteiger partial charge in [-0.05, 0) is 45.0 Å². The zero-order valence-corrected chi connectivity index (χ0v) is 14.7. The Morgan fingerprint density at radius 1 is 1.24 bits per heavy atom. The van der Waals surface area contributed by atoms with Crippen molar-refractivity contribution in [3.63, 3.8) is 0 Å². The summed E-state index contributed by atoms with van der Waals surface area (Å²) in [5, 5.41) is 9.54. The number of nitrogens with one attached hydrogen (secondary N) is 2. The molecule has 1 heterocycles. The van der Waals surface area contributed by atoms with Crippen LogP contribution in [0.4, 0.5) is 10.5 Å². The van der Waals surface area contributed by atoms with Crippen molar-refractivity contribution in [2.75, 3.05) is 5.32 Å². The van der Waals surface area contributed by atoms with Crippen LogP contribution in [0.5, 0.6) is 0 Å². The van der Waals surface area contributed by atoms with E-state index in [4.69, 9.17) is 4.74 Å². The molecule has 0 saturated carbocycles. The Balaban J connectivity index is 1.88. The van der Waals surface area contributed by atoms with Gasteiger partial charge < -0.3 is 15.4 Å². The Hall–Kier alpha value is -2.83. The van der Waals surface area contributed by atoms with Gasteiger partial charge in [0.15, 0.2) is 0 Å². The second-order valence-electron chi connectivity index (χ2n) is 6.11. The van der Waals surface area contributed by atoms with Crippen LogP contribution < -0.4 is 10.6 Å². The maximum Gasteiger partial charge on any atom is 0.338 e. The number of ether oxygens (including phenoxy) is 1. The largest absolute Gasteiger partial charge is 0.459 e. The Morgan fingerprint density at radius 2 is 2.04 bits per heavy atom. The maximum absolute atomic E-state index is 12.3. The van der Waals surface area contributed by atoms with E-state index < -0.39 is 5.97 Å². The monoisotopic (exact) mass is 344 g/mol. The molecule has 1 unspecified atom stereocenters. The first kappa shape index (κ1) is 18.5. The fraction of sp³-hybridized carbons (Fsp3) is 0.389. The molecule has 0 radical (unpaired) electrons. The van der Waals surface area contributed by atoms with Gasteiger partial charge in [-0.1, -0.05) is 6.07 Å². The van der Waals surface area contributed by atoms with Gasteiger partial charge in [-0.3, -0.25) is 4.68 Å². The molecule has 2 amide bonds. The summed E-state index contributed by atoms with van der Waals surface area (Å²) in [4.78, 5) is 24.0. The molecule has 2 aromatic rings. The predicted molar refractivity (Wildman–Crippen MR) is 95.5 cm³/mol. The van der Waals surface area contributed by atoms with E-state index in [9.17, 15) is 9.59 Å². The van der Waals surface area contributed by atoms with E-state index in [0.717, 1.165) is 0 Å². The van der Waals surface area contributed by atoms with Gasteiger partial charge in [0, 0.05) is 37.1 Å². The molecule has 1 aromatic carbocycles. The van der Waals surface area contributed by atoms with Crippen LogP contribution in [0.15, 0.2) is 42.7 Å². The highest BCUT2D eigenvalue weighted by Gasteiger charge is 2.13. The van der Waals surface area contributed by atoms with Crippen LogP contribution in [0.3, 0.4) is 0 Å². The molecule has 0 aliphatic carbocycles. The standard InChI is InChI=1S/C18H24N4O3/c1-13(2)20-18(24)21-16-7-4-6-15(12-16)17(23)25-14(3)8-11-22-10-5-9-19-22/h4-7,9-10,12-14H,8,11H2,1-3H3,(H2,20,21,24). The van der Waals surface area contributed by atoms with Crippen LogP contribution in [0.2, 0.25) is 0 Å². The highest BCUT2D eigenvalue weighted by molar-refractivity contribution is 5.94. The van der Waals surface area contributed by atoms with Crippen LogP contribution in [-0.4, -0.2) is 33.9 Å². The Kier molecular flexibility index (Phi) is 6.56. The average molecular weight is 344 g/mol. The third-order valence-electron chi connectivity index (χ3n) is 3.41. The van der Waals surface area contributed by atoms with E-state index in [-0.39, 0.29) is 18.2 Å². The number of carbonyl (C=O) groups excluding carboxylic acids is 2. The fourth-order valence-corrected chi connectivity index (χ4v) is 2.21. The number of anilines is 1. The first-order valence-electron chi connectivity index (χ1n) is 8.30. The number of aromatic nitrogens is 2. The van der Waals surface area contributed by atoms with Crippen molar-refractivity contribution >= 4 is 17.7 Å². The fourth-order valence-electron chi connectivity index (χ4n) is 2.21. The summed E-state index contributed by atoms with van der Waals surface area (Å²) in [5.74, 6) is -0.416. The number of hydrogen-bond acceptors (Lipinski definition) is 4. The highest BCUT2D eigenvalue weighted by atomic mass is 16.5. The third kappa shape index (κ3) is 6.29. The molecule has 7 nitrogen and oxygen atoms in total. The van der Waals surface area contributed by atoms with Crippen LogP contribution in [0, 0.1) is 0 Å². The molecule has 0 spiro atoms. The van der Waals surface area contributed by atoms with Gasteiger partial charge in [0.25, 0.3) is 0 Å². The van der Waals surface area contributed by atoms with E-state index in [0.29, 0.717) is 24.2 Å². The second kappa shape index (κ2) is 8.86. The topological polar surface area (TPSA) is 85.3 Å². The maximum atomic E-state index is 12.3. The zero-order chi connectivity index (χ0) is 18.2. The van der Waals surface area contributed by atoms with Gasteiger partial charge in [-0.15, -0.1) is 0 Å². The van der Waals surface area contributed by atoms with Gasteiger partial charge >= 0.3 is 12.0 Å². The lowest BCUT2D eigenvalue weighted by molar-refractivity contribution is 0.0314. The van der Waals surface area contributed by atoms with Gasteiger partial charge in [0.05, 0.1) is 5.56 Å². The number of amides is 2. The summed E-state index contributed by atoms with van der Waals surface area (Å²) < 4.78 is 7.24. The normalized spacial score (nSPS) is 11.8. The molecular weight excluding hydrogens is 320 g/mol. The van der Waals surface area contributed by atoms with Gasteiger partial charge in [-0.25, -0.2) is 9.59 Å². The van der Waals surface area contributed by atoms with Gasteiger partial charge in [-0.2, -0.15) is 5.10 Å². The summed E-state index contributed by atoms with van der Waals surface area (Å²) >= 11 is 0. The van der Waals surface area contributed by atoms with Crippen molar-refractivity contribution in [2.45, 2.75) is 45.9 Å². The number of nitrogens with zero attached hydrogens (tertiary/aromatic N) is 2. The minimum absolute atomic E-state index is 0.0313. The van der Waals surface area contributed by atoms with E-state index in [1.807, 2.05) is 33.0 Å². The molecule has 1 atom stereocenters. The van der Waals surface area contributed by atoms with Crippen molar-refractivity contribution in [2.24, 2.45) is 0 Å². The molecule has 134 valence electrons. The van der Waals surface area contributed by atoms with Crippen LogP contribution in [0.1, 0.15) is 37.6 Å². The van der Waals surface area contributed by atoms with E-state index in [2.05, 4.69) is 15.7 Å². The summed E-state index contributed by atoms with van der Waals surface area (Å²) in [6, 6.07) is 8.26. The van der Waals surface area contributed by atoms with Crippen LogP contribution in [-0.2, 0) is 11.3 Å². The lowest BCUT2D eigenvalue weighted by atomic mass is 10.2. The third-order valence-corrected chi connectivity index (χ3v) is 3.41. The van der Waals surface area contributed by atoms with Crippen molar-refractivity contribution < 1.29 is 14.3 Å². The molecule has 0 fully saturated rings. The molecular formula is C18H24N4O3. The first-order valence-corrected chi connectivity index (χ1v) is 8.30. The number of rotatable bonds is 7. The first-order chi connectivity index (χ1) is 11.9. The van der Waals surface area contributed by atoms with Gasteiger partial charge in [0.1, 0.15) is 6.10 Å². The Bertz CT molecular complexity index is 698. The van der Waals surface area contributed by atoms with Crippen LogP contribution in [0.25, 0.3) is 0 Å². The number of benzene rings is 1. The van der Waals surface area contributed by atoms with Crippen molar-refractivity contribution in [3.8, 4) is 0 Å². The summed E-state index contributed by atoms with van der Waals surface area (Å²) in [6.07, 6.45) is 4.01. The zero-order valence-electron chi connectivity index (χ0n) is 14.7. The quantitative estimate of drug-likeness (QED) is 0.756. The van der Waals surface area contributed by atoms with Crippen molar-refractivity contribution in [1.29, 1.82) is 0 Å². The summed E-state index contributed by atoms with van der Waals surface area (Å²) in [6.45, 7) is 6.27. The molecule has 1 aromatic heterocycles. The van der Waals surface area contributed by atoms with E-state index in [1.54, 1.807) is 35.1 Å². The minimum Gasteiger partial charge on any atom is -0.459 e. The molecule has 7 heteroatoms. The number of carbonyl (C=O) groups is 2. The molecule has 0 aliphatic rings. The number of aryl methyl sites for hydroxylation is 1. The summed E-state index contributed by atoms with van der Waals surface area (Å²) in [5.41, 5.74) is 0.935. The molecule has 0 bridgehead atoms. The molecule has 2 rings (SSSR count). The lowest BCUT2D eigenvalue weighted by Gasteiger charge is -2.14. The Morgan fingerprint density at radius 3 is 2.72 bits per heavy atom. The number of esters is 1. The lowest BCUT2D eigenvalue weighted by Crippen LogP contribution is -2.34. The Labute approximate surface area is 147 Å². The molecule has 2 N–H and O–H groups in total. The van der Waals surface area contributed by atoms with E-state index in [1.165, 1.54) is 0 Å². The van der Waals surface area contributed by atoms with E-state index >= 15 is 0 Å². The predicted octanol–water partition coefficient (Wildman–Crippen LogP) is 3.05.